The van der Waals surface area contributed by atoms with Gasteiger partial charge in [-0.05, 0) is 61.6 Å². The Morgan fingerprint density at radius 3 is 2.69 bits per heavy atom. The van der Waals surface area contributed by atoms with Gasteiger partial charge < -0.3 is 10.1 Å². The lowest BCUT2D eigenvalue weighted by Gasteiger charge is -2.23. The molecule has 1 fully saturated rings. The SMILES string of the molecule is Cc1c(-c2ccccn2)nc2ccc(F)c(F)c2c1Nc1cncc(C2CCOCC2)c1. The molecule has 1 saturated heterocycles. The fourth-order valence-electron chi connectivity index (χ4n) is 4.21. The van der Waals surface area contributed by atoms with Gasteiger partial charge in [-0.1, -0.05) is 6.07 Å². The zero-order valence-corrected chi connectivity index (χ0v) is 17.6. The van der Waals surface area contributed by atoms with Gasteiger partial charge in [0.15, 0.2) is 11.6 Å². The molecule has 0 bridgehead atoms. The normalized spacial score (nSPS) is 14.6. The van der Waals surface area contributed by atoms with Gasteiger partial charge in [0.25, 0.3) is 0 Å². The number of anilines is 2. The lowest BCUT2D eigenvalue weighted by atomic mass is 9.93. The van der Waals surface area contributed by atoms with Gasteiger partial charge in [0, 0.05) is 31.2 Å². The molecular weight excluding hydrogens is 410 g/mol. The van der Waals surface area contributed by atoms with Crippen LogP contribution in [-0.4, -0.2) is 28.2 Å². The Labute approximate surface area is 184 Å². The van der Waals surface area contributed by atoms with E-state index in [1.54, 1.807) is 12.4 Å². The number of pyridine rings is 3. The molecule has 1 aliphatic heterocycles. The summed E-state index contributed by atoms with van der Waals surface area (Å²) >= 11 is 0. The highest BCUT2D eigenvalue weighted by Gasteiger charge is 2.21. The summed E-state index contributed by atoms with van der Waals surface area (Å²) < 4.78 is 34.6. The molecule has 1 aliphatic rings. The molecule has 4 heterocycles. The molecule has 5 nitrogen and oxygen atoms in total. The van der Waals surface area contributed by atoms with Crippen LogP contribution in [0.15, 0.2) is 55.0 Å². The number of benzene rings is 1. The summed E-state index contributed by atoms with van der Waals surface area (Å²) in [4.78, 5) is 13.4. The number of rotatable bonds is 4. The van der Waals surface area contributed by atoms with Crippen molar-refractivity contribution in [3.8, 4) is 11.4 Å². The lowest BCUT2D eigenvalue weighted by Crippen LogP contribution is -2.14. The van der Waals surface area contributed by atoms with Crippen LogP contribution in [0, 0.1) is 18.6 Å². The first-order chi connectivity index (χ1) is 15.6. The number of nitrogens with zero attached hydrogens (tertiary/aromatic N) is 3. The van der Waals surface area contributed by atoms with Crippen molar-refractivity contribution in [2.75, 3.05) is 18.5 Å². The topological polar surface area (TPSA) is 59.9 Å². The Hall–Kier alpha value is -3.45. The van der Waals surface area contributed by atoms with Crippen molar-refractivity contribution in [2.24, 2.45) is 0 Å². The summed E-state index contributed by atoms with van der Waals surface area (Å²) in [6.45, 7) is 3.29. The van der Waals surface area contributed by atoms with E-state index in [1.807, 2.05) is 37.4 Å². The molecule has 0 aliphatic carbocycles. The molecule has 162 valence electrons. The van der Waals surface area contributed by atoms with Gasteiger partial charge in [-0.15, -0.1) is 0 Å². The van der Waals surface area contributed by atoms with E-state index in [9.17, 15) is 8.78 Å². The van der Waals surface area contributed by atoms with Gasteiger partial charge in [0.05, 0.1) is 39.9 Å². The molecule has 5 rings (SSSR count). The number of hydrogen-bond donors (Lipinski definition) is 1. The van der Waals surface area contributed by atoms with Crippen molar-refractivity contribution in [3.63, 3.8) is 0 Å². The van der Waals surface area contributed by atoms with Crippen LogP contribution in [0.4, 0.5) is 20.2 Å². The molecule has 3 aromatic heterocycles. The summed E-state index contributed by atoms with van der Waals surface area (Å²) in [6, 6.07) is 10.1. The Balaban J connectivity index is 1.64. The zero-order chi connectivity index (χ0) is 22.1. The van der Waals surface area contributed by atoms with Crippen LogP contribution in [0.3, 0.4) is 0 Å². The molecule has 0 unspecified atom stereocenters. The third-order valence-corrected chi connectivity index (χ3v) is 5.91. The number of ether oxygens (including phenoxy) is 1. The molecule has 0 spiro atoms. The predicted molar refractivity (Wildman–Crippen MR) is 120 cm³/mol. The summed E-state index contributed by atoms with van der Waals surface area (Å²) in [5.74, 6) is -1.48. The second kappa shape index (κ2) is 8.59. The number of aromatic nitrogens is 3. The van der Waals surface area contributed by atoms with E-state index >= 15 is 0 Å². The Bertz CT molecular complexity index is 1270. The van der Waals surface area contributed by atoms with Gasteiger partial charge in [-0.3, -0.25) is 9.97 Å². The van der Waals surface area contributed by atoms with Crippen molar-refractivity contribution in [1.29, 1.82) is 0 Å². The van der Waals surface area contributed by atoms with Crippen LogP contribution >= 0.6 is 0 Å². The summed E-state index contributed by atoms with van der Waals surface area (Å²) in [7, 11) is 0. The third kappa shape index (κ3) is 3.80. The smallest absolute Gasteiger partial charge is 0.170 e. The molecule has 4 aromatic rings. The maximum atomic E-state index is 14.9. The van der Waals surface area contributed by atoms with Crippen LogP contribution in [0.1, 0.15) is 29.9 Å². The fraction of sp³-hybridized carbons (Fsp3) is 0.240. The monoisotopic (exact) mass is 432 g/mol. The first-order valence-corrected chi connectivity index (χ1v) is 10.6. The third-order valence-electron chi connectivity index (χ3n) is 5.91. The van der Waals surface area contributed by atoms with Gasteiger partial charge in [0.2, 0.25) is 0 Å². The quantitative estimate of drug-likeness (QED) is 0.434. The number of nitrogens with one attached hydrogen (secondary N) is 1. The van der Waals surface area contributed by atoms with Crippen LogP contribution in [-0.2, 0) is 4.74 Å². The van der Waals surface area contributed by atoms with Gasteiger partial charge in [-0.25, -0.2) is 13.8 Å². The summed E-state index contributed by atoms with van der Waals surface area (Å²) in [5.41, 5.74) is 4.57. The van der Waals surface area contributed by atoms with Gasteiger partial charge in [-0.2, -0.15) is 0 Å². The minimum absolute atomic E-state index is 0.110. The van der Waals surface area contributed by atoms with Crippen LogP contribution in [0.25, 0.3) is 22.3 Å². The van der Waals surface area contributed by atoms with E-state index in [-0.39, 0.29) is 5.39 Å². The Kier molecular flexibility index (Phi) is 5.49. The molecular formula is C25H22F2N4O. The van der Waals surface area contributed by atoms with E-state index in [0.29, 0.717) is 39.8 Å². The highest BCUT2D eigenvalue weighted by molar-refractivity contribution is 5.98. The first-order valence-electron chi connectivity index (χ1n) is 10.6. The predicted octanol–water partition coefficient (Wildman–Crippen LogP) is 5.92. The zero-order valence-electron chi connectivity index (χ0n) is 17.6. The number of fused-ring (bicyclic) bond motifs is 1. The largest absolute Gasteiger partial charge is 0.381 e. The Morgan fingerprint density at radius 2 is 1.91 bits per heavy atom. The van der Waals surface area contributed by atoms with E-state index in [0.717, 1.165) is 37.7 Å². The lowest BCUT2D eigenvalue weighted by molar-refractivity contribution is 0.0853. The molecule has 1 aromatic carbocycles. The molecule has 7 heteroatoms. The average molecular weight is 432 g/mol. The second-order valence-electron chi connectivity index (χ2n) is 7.95. The maximum Gasteiger partial charge on any atom is 0.170 e. The standard InChI is InChI=1S/C25H22F2N4O/c1-15-24(21-4-2-3-9-29-21)31-20-6-5-19(26)23(27)22(20)25(15)30-18-12-17(13-28-14-18)16-7-10-32-11-8-16/h2-6,9,12-14,16H,7-8,10-11H2,1H3,(H,30,31). The highest BCUT2D eigenvalue weighted by atomic mass is 19.2. The van der Waals surface area contributed by atoms with Gasteiger partial charge >= 0.3 is 0 Å². The maximum absolute atomic E-state index is 14.9. The minimum Gasteiger partial charge on any atom is -0.381 e. The number of hydrogen-bond acceptors (Lipinski definition) is 5. The molecule has 0 amide bonds. The Morgan fingerprint density at radius 1 is 1.06 bits per heavy atom. The molecule has 1 N–H and O–H groups in total. The van der Waals surface area contributed by atoms with E-state index in [4.69, 9.17) is 4.74 Å². The molecule has 0 radical (unpaired) electrons. The molecule has 0 atom stereocenters. The molecule has 0 saturated carbocycles. The summed E-state index contributed by atoms with van der Waals surface area (Å²) in [5, 5.41) is 3.41. The summed E-state index contributed by atoms with van der Waals surface area (Å²) in [6.07, 6.45) is 7.10. The first kappa shape index (κ1) is 20.5. The number of halogens is 2. The van der Waals surface area contributed by atoms with Crippen LogP contribution in [0.5, 0.6) is 0 Å². The van der Waals surface area contributed by atoms with Crippen molar-refractivity contribution < 1.29 is 13.5 Å². The minimum atomic E-state index is -0.929. The van der Waals surface area contributed by atoms with E-state index < -0.39 is 11.6 Å². The highest BCUT2D eigenvalue weighted by Crippen LogP contribution is 2.37. The van der Waals surface area contributed by atoms with Crippen molar-refractivity contribution >= 4 is 22.3 Å². The van der Waals surface area contributed by atoms with E-state index in [1.165, 1.54) is 6.07 Å². The average Bonchev–Trinajstić information content (AvgIpc) is 2.84. The van der Waals surface area contributed by atoms with Crippen molar-refractivity contribution in [3.05, 3.63) is 77.8 Å². The van der Waals surface area contributed by atoms with Crippen molar-refractivity contribution in [1.82, 2.24) is 15.0 Å². The van der Waals surface area contributed by atoms with Crippen LogP contribution < -0.4 is 5.32 Å². The fourth-order valence-corrected chi connectivity index (χ4v) is 4.21. The molecule has 32 heavy (non-hydrogen) atoms. The van der Waals surface area contributed by atoms with Gasteiger partial charge in [0.1, 0.15) is 0 Å². The van der Waals surface area contributed by atoms with Crippen LogP contribution in [0.2, 0.25) is 0 Å². The van der Waals surface area contributed by atoms with E-state index in [2.05, 4.69) is 20.3 Å². The van der Waals surface area contributed by atoms with Crippen molar-refractivity contribution in [2.45, 2.75) is 25.7 Å². The second-order valence-corrected chi connectivity index (χ2v) is 7.95.